The van der Waals surface area contributed by atoms with Crippen molar-refractivity contribution in [3.63, 3.8) is 0 Å². The van der Waals surface area contributed by atoms with E-state index >= 15 is 0 Å². The van der Waals surface area contributed by atoms with E-state index in [1.807, 2.05) is 52.3 Å². The Balaban J connectivity index is 1.19. The van der Waals surface area contributed by atoms with Gasteiger partial charge in [-0.15, -0.1) is 0 Å². The fraction of sp³-hybridized carbons (Fsp3) is 0.500. The summed E-state index contributed by atoms with van der Waals surface area (Å²) >= 11 is 0. The topological polar surface area (TPSA) is 69.7 Å². The van der Waals surface area contributed by atoms with Crippen LogP contribution in [0.15, 0.2) is 48.5 Å². The van der Waals surface area contributed by atoms with Crippen molar-refractivity contribution in [1.82, 2.24) is 10.2 Å². The molecule has 0 bridgehead atoms. The summed E-state index contributed by atoms with van der Waals surface area (Å²) in [6.07, 6.45) is 8.90. The lowest BCUT2D eigenvalue weighted by Gasteiger charge is -2.32. The molecule has 2 fully saturated rings. The zero-order valence-electron chi connectivity index (χ0n) is 21.1. The minimum atomic E-state index is -0.289. The number of hydrogen-bond acceptors (Lipinski definition) is 3. The molecule has 5 rings (SSSR count). The molecule has 2 heterocycles. The standard InChI is InChI=1S/C30H37N3O3/c34-28(31-21-22-13-15-24(16-14-22)29(35)32-18-7-1-2-8-19-32)25-10-4-5-11-26(25)30(36)33-20-17-23-9-3-6-12-27(23)33/h3,6,9,12-16,25-26H,1-2,4-5,7-8,10-11,17-21H2,(H,31,34)/t25-,26-/m1/s1. The van der Waals surface area contributed by atoms with Crippen LogP contribution in [-0.2, 0) is 22.6 Å². The van der Waals surface area contributed by atoms with Crippen LogP contribution in [0.5, 0.6) is 0 Å². The molecule has 2 aromatic rings. The van der Waals surface area contributed by atoms with Gasteiger partial charge in [0.1, 0.15) is 0 Å². The van der Waals surface area contributed by atoms with Crippen LogP contribution in [0.25, 0.3) is 0 Å². The molecule has 1 saturated carbocycles. The van der Waals surface area contributed by atoms with Crippen molar-refractivity contribution in [3.05, 3.63) is 65.2 Å². The summed E-state index contributed by atoms with van der Waals surface area (Å²) in [7, 11) is 0. The van der Waals surface area contributed by atoms with E-state index in [1.54, 1.807) is 0 Å². The lowest BCUT2D eigenvalue weighted by molar-refractivity contribution is -0.135. The molecule has 3 aliphatic rings. The van der Waals surface area contributed by atoms with Gasteiger partial charge in [0.2, 0.25) is 11.8 Å². The zero-order valence-corrected chi connectivity index (χ0v) is 21.1. The van der Waals surface area contributed by atoms with Gasteiger partial charge in [0.05, 0.1) is 5.92 Å². The molecule has 0 unspecified atom stereocenters. The number of rotatable bonds is 5. The van der Waals surface area contributed by atoms with Crippen LogP contribution < -0.4 is 10.2 Å². The summed E-state index contributed by atoms with van der Waals surface area (Å²) in [5, 5.41) is 3.08. The Morgan fingerprint density at radius 1 is 0.778 bits per heavy atom. The molecule has 1 aliphatic carbocycles. The predicted molar refractivity (Wildman–Crippen MR) is 141 cm³/mol. The molecule has 190 valence electrons. The minimum Gasteiger partial charge on any atom is -0.352 e. The number of hydrogen-bond donors (Lipinski definition) is 1. The minimum absolute atomic E-state index is 0.0368. The van der Waals surface area contributed by atoms with Gasteiger partial charge in [-0.2, -0.15) is 0 Å². The lowest BCUT2D eigenvalue weighted by Crippen LogP contribution is -2.45. The monoisotopic (exact) mass is 487 g/mol. The summed E-state index contributed by atoms with van der Waals surface area (Å²) in [6.45, 7) is 2.77. The molecule has 1 saturated heterocycles. The van der Waals surface area contributed by atoms with Gasteiger partial charge in [-0.05, 0) is 61.4 Å². The molecule has 6 nitrogen and oxygen atoms in total. The number of carbonyl (C=O) groups is 3. The summed E-state index contributed by atoms with van der Waals surface area (Å²) in [5.74, 6) is -0.401. The van der Waals surface area contributed by atoms with E-state index in [0.717, 1.165) is 69.3 Å². The number of benzene rings is 2. The number of carbonyl (C=O) groups excluding carboxylic acids is 3. The van der Waals surface area contributed by atoms with E-state index in [9.17, 15) is 14.4 Å². The van der Waals surface area contributed by atoms with E-state index in [2.05, 4.69) is 11.4 Å². The fourth-order valence-corrected chi connectivity index (χ4v) is 6.05. The maximum absolute atomic E-state index is 13.5. The first-order chi connectivity index (χ1) is 17.6. The second-order valence-corrected chi connectivity index (χ2v) is 10.5. The van der Waals surface area contributed by atoms with Gasteiger partial charge in [0, 0.05) is 43.3 Å². The first-order valence-corrected chi connectivity index (χ1v) is 13.7. The fourth-order valence-electron chi connectivity index (χ4n) is 6.05. The number of amides is 3. The highest BCUT2D eigenvalue weighted by Crippen LogP contribution is 2.36. The van der Waals surface area contributed by atoms with Crippen LogP contribution in [0.4, 0.5) is 5.69 Å². The Kier molecular flexibility index (Phi) is 7.69. The van der Waals surface area contributed by atoms with E-state index in [1.165, 1.54) is 18.4 Å². The van der Waals surface area contributed by atoms with Crippen molar-refractivity contribution >= 4 is 23.4 Å². The quantitative estimate of drug-likeness (QED) is 0.664. The smallest absolute Gasteiger partial charge is 0.253 e. The number of nitrogens with one attached hydrogen (secondary N) is 1. The summed E-state index contributed by atoms with van der Waals surface area (Å²) in [5.41, 5.74) is 3.88. The van der Waals surface area contributed by atoms with Gasteiger partial charge in [-0.1, -0.05) is 56.0 Å². The maximum atomic E-state index is 13.5. The number of nitrogens with zero attached hydrogens (tertiary/aromatic N) is 2. The van der Waals surface area contributed by atoms with Gasteiger partial charge in [-0.3, -0.25) is 14.4 Å². The van der Waals surface area contributed by atoms with Gasteiger partial charge >= 0.3 is 0 Å². The molecule has 1 N–H and O–H groups in total. The van der Waals surface area contributed by atoms with Crippen LogP contribution in [-0.4, -0.2) is 42.3 Å². The molecular formula is C30H37N3O3. The molecular weight excluding hydrogens is 450 g/mol. The second-order valence-electron chi connectivity index (χ2n) is 10.5. The van der Waals surface area contributed by atoms with Gasteiger partial charge < -0.3 is 15.1 Å². The molecule has 3 amide bonds. The highest BCUT2D eigenvalue weighted by Gasteiger charge is 2.39. The molecule has 2 atom stereocenters. The average molecular weight is 488 g/mol. The number of fused-ring (bicyclic) bond motifs is 1. The molecule has 0 radical (unpaired) electrons. The third-order valence-electron chi connectivity index (χ3n) is 8.13. The van der Waals surface area contributed by atoms with Crippen molar-refractivity contribution < 1.29 is 14.4 Å². The SMILES string of the molecule is O=C(NCc1ccc(C(=O)N2CCCCCC2)cc1)[C@@H]1CCCC[C@H]1C(=O)N1CCc2ccccc21. The van der Waals surface area contributed by atoms with E-state index < -0.39 is 0 Å². The van der Waals surface area contributed by atoms with Gasteiger partial charge in [-0.25, -0.2) is 0 Å². The summed E-state index contributed by atoms with van der Waals surface area (Å²) < 4.78 is 0. The Morgan fingerprint density at radius 2 is 1.47 bits per heavy atom. The largest absolute Gasteiger partial charge is 0.352 e. The Labute approximate surface area is 214 Å². The van der Waals surface area contributed by atoms with E-state index in [4.69, 9.17) is 0 Å². The van der Waals surface area contributed by atoms with Crippen LogP contribution in [0.3, 0.4) is 0 Å². The first-order valence-electron chi connectivity index (χ1n) is 13.7. The van der Waals surface area contributed by atoms with Crippen molar-refractivity contribution in [2.75, 3.05) is 24.5 Å². The van der Waals surface area contributed by atoms with Crippen LogP contribution in [0.1, 0.15) is 72.9 Å². The molecule has 2 aromatic carbocycles. The third-order valence-corrected chi connectivity index (χ3v) is 8.13. The molecule has 2 aliphatic heterocycles. The van der Waals surface area contributed by atoms with Crippen LogP contribution in [0.2, 0.25) is 0 Å². The molecule has 0 aromatic heterocycles. The highest BCUT2D eigenvalue weighted by atomic mass is 16.2. The average Bonchev–Trinajstić information content (AvgIpc) is 3.17. The van der Waals surface area contributed by atoms with Crippen LogP contribution >= 0.6 is 0 Å². The Hall–Kier alpha value is -3.15. The molecule has 6 heteroatoms. The number of para-hydroxylation sites is 1. The first kappa shape index (κ1) is 24.5. The zero-order chi connectivity index (χ0) is 24.9. The van der Waals surface area contributed by atoms with Crippen molar-refractivity contribution in [3.8, 4) is 0 Å². The number of anilines is 1. The number of likely N-dealkylation sites (tertiary alicyclic amines) is 1. The van der Waals surface area contributed by atoms with Gasteiger partial charge in [0.15, 0.2) is 0 Å². The van der Waals surface area contributed by atoms with E-state index in [0.29, 0.717) is 18.7 Å². The molecule has 36 heavy (non-hydrogen) atoms. The predicted octanol–water partition coefficient (Wildman–Crippen LogP) is 4.71. The summed E-state index contributed by atoms with van der Waals surface area (Å²) in [6, 6.07) is 15.7. The normalized spacial score (nSPS) is 22.0. The second kappa shape index (κ2) is 11.3. The third kappa shape index (κ3) is 5.32. The maximum Gasteiger partial charge on any atom is 0.253 e. The lowest BCUT2D eigenvalue weighted by atomic mass is 9.77. The van der Waals surface area contributed by atoms with Crippen LogP contribution in [0, 0.1) is 11.8 Å². The van der Waals surface area contributed by atoms with Crippen molar-refractivity contribution in [1.29, 1.82) is 0 Å². The van der Waals surface area contributed by atoms with Crippen molar-refractivity contribution in [2.45, 2.75) is 64.3 Å². The van der Waals surface area contributed by atoms with E-state index in [-0.39, 0.29) is 29.6 Å². The van der Waals surface area contributed by atoms with Gasteiger partial charge in [0.25, 0.3) is 5.91 Å². The molecule has 0 spiro atoms. The Bertz CT molecular complexity index is 1090. The van der Waals surface area contributed by atoms with Crippen molar-refractivity contribution in [2.24, 2.45) is 11.8 Å². The Morgan fingerprint density at radius 3 is 2.22 bits per heavy atom. The highest BCUT2D eigenvalue weighted by molar-refractivity contribution is 5.99. The summed E-state index contributed by atoms with van der Waals surface area (Å²) in [4.78, 5) is 43.4.